The van der Waals surface area contributed by atoms with Crippen LogP contribution in [0, 0.1) is 13.8 Å². The summed E-state index contributed by atoms with van der Waals surface area (Å²) >= 11 is 4.13. The first kappa shape index (κ1) is 23.7. The summed E-state index contributed by atoms with van der Waals surface area (Å²) in [6, 6.07) is 0. The standard InChI is InChI=1S/C23H25N3O4S3/c1-5-10-26-21(28)18-14-8-7-9-15(14)33-20(18)25-23(26)31-11-16(27)24-19-17(22(29)30-6-2)12(3)13(4)32-19/h5H,1,6-11H2,2-4H3,(H,24,27). The molecule has 1 amide bonds. The number of anilines is 1. The number of aromatic nitrogens is 2. The molecule has 174 valence electrons. The molecule has 4 rings (SSSR count). The number of carbonyl (C=O) groups excluding carboxylic acids is 2. The van der Waals surface area contributed by atoms with Gasteiger partial charge in [-0.1, -0.05) is 17.8 Å². The van der Waals surface area contributed by atoms with Gasteiger partial charge in [0.15, 0.2) is 5.16 Å². The number of allylic oxidation sites excluding steroid dienone is 1. The maximum Gasteiger partial charge on any atom is 0.341 e. The van der Waals surface area contributed by atoms with Crippen LogP contribution in [0.3, 0.4) is 0 Å². The summed E-state index contributed by atoms with van der Waals surface area (Å²) in [5.74, 6) is -0.668. The molecule has 0 saturated carbocycles. The van der Waals surface area contributed by atoms with Crippen molar-refractivity contribution >= 4 is 61.5 Å². The number of hydrogen-bond acceptors (Lipinski definition) is 8. The number of esters is 1. The van der Waals surface area contributed by atoms with Crippen LogP contribution in [0.1, 0.15) is 44.6 Å². The minimum atomic E-state index is -0.444. The van der Waals surface area contributed by atoms with E-state index in [-0.39, 0.29) is 23.8 Å². The number of fused-ring (bicyclic) bond motifs is 3. The summed E-state index contributed by atoms with van der Waals surface area (Å²) in [4.78, 5) is 46.0. The first-order valence-corrected chi connectivity index (χ1v) is 13.3. The maximum absolute atomic E-state index is 13.2. The molecular weight excluding hydrogens is 478 g/mol. The van der Waals surface area contributed by atoms with Crippen LogP contribution in [-0.2, 0) is 28.9 Å². The maximum atomic E-state index is 13.2. The van der Waals surface area contributed by atoms with E-state index in [1.54, 1.807) is 28.9 Å². The van der Waals surface area contributed by atoms with Gasteiger partial charge in [-0.3, -0.25) is 14.2 Å². The van der Waals surface area contributed by atoms with E-state index >= 15 is 0 Å². The fourth-order valence-corrected chi connectivity index (χ4v) is 7.09. The Morgan fingerprint density at radius 2 is 2.09 bits per heavy atom. The Labute approximate surface area is 203 Å². The molecular formula is C23H25N3O4S3. The fraction of sp³-hybridized carbons (Fsp3) is 0.391. The largest absolute Gasteiger partial charge is 0.462 e. The van der Waals surface area contributed by atoms with Gasteiger partial charge in [0.1, 0.15) is 9.83 Å². The summed E-state index contributed by atoms with van der Waals surface area (Å²) < 4.78 is 6.74. The van der Waals surface area contributed by atoms with Gasteiger partial charge in [0.2, 0.25) is 5.91 Å². The second kappa shape index (κ2) is 9.82. The number of carbonyl (C=O) groups is 2. The van der Waals surface area contributed by atoms with E-state index in [0.29, 0.717) is 27.7 Å². The number of nitrogens with zero attached hydrogens (tertiary/aromatic N) is 2. The Balaban J connectivity index is 1.57. The molecule has 33 heavy (non-hydrogen) atoms. The molecule has 10 heteroatoms. The van der Waals surface area contributed by atoms with Crippen LogP contribution in [-0.4, -0.2) is 33.8 Å². The lowest BCUT2D eigenvalue weighted by molar-refractivity contribution is -0.113. The number of aryl methyl sites for hydroxylation is 3. The van der Waals surface area contributed by atoms with Crippen molar-refractivity contribution in [2.24, 2.45) is 0 Å². The number of nitrogens with one attached hydrogen (secondary N) is 1. The van der Waals surface area contributed by atoms with E-state index in [4.69, 9.17) is 9.72 Å². The van der Waals surface area contributed by atoms with Crippen molar-refractivity contribution in [3.05, 3.63) is 49.5 Å². The monoisotopic (exact) mass is 503 g/mol. The summed E-state index contributed by atoms with van der Waals surface area (Å²) in [6.45, 7) is 9.84. The van der Waals surface area contributed by atoms with Gasteiger partial charge in [-0.25, -0.2) is 9.78 Å². The summed E-state index contributed by atoms with van der Waals surface area (Å²) in [7, 11) is 0. The van der Waals surface area contributed by atoms with E-state index in [1.807, 2.05) is 13.8 Å². The lowest BCUT2D eigenvalue weighted by Gasteiger charge is -2.11. The van der Waals surface area contributed by atoms with Crippen molar-refractivity contribution in [1.29, 1.82) is 0 Å². The van der Waals surface area contributed by atoms with Gasteiger partial charge in [0, 0.05) is 16.3 Å². The lowest BCUT2D eigenvalue weighted by Crippen LogP contribution is -2.24. The van der Waals surface area contributed by atoms with Crippen molar-refractivity contribution in [2.75, 3.05) is 17.7 Å². The van der Waals surface area contributed by atoms with Crippen molar-refractivity contribution in [3.63, 3.8) is 0 Å². The zero-order valence-electron chi connectivity index (χ0n) is 18.8. The van der Waals surface area contributed by atoms with Gasteiger partial charge in [0.25, 0.3) is 5.56 Å². The lowest BCUT2D eigenvalue weighted by atomic mass is 10.1. The highest BCUT2D eigenvalue weighted by atomic mass is 32.2. The fourth-order valence-electron chi connectivity index (χ4n) is 3.92. The molecule has 0 bridgehead atoms. The predicted molar refractivity (Wildman–Crippen MR) is 135 cm³/mol. The first-order chi connectivity index (χ1) is 15.8. The third-order valence-corrected chi connectivity index (χ3v) is 8.84. The molecule has 0 aliphatic heterocycles. The molecule has 0 atom stereocenters. The Morgan fingerprint density at radius 3 is 2.82 bits per heavy atom. The third kappa shape index (κ3) is 4.51. The van der Waals surface area contributed by atoms with Crippen LogP contribution in [0.2, 0.25) is 0 Å². The number of rotatable bonds is 8. The van der Waals surface area contributed by atoms with Gasteiger partial charge in [0.05, 0.1) is 23.3 Å². The minimum absolute atomic E-state index is 0.0540. The van der Waals surface area contributed by atoms with Gasteiger partial charge in [-0.15, -0.1) is 29.3 Å². The van der Waals surface area contributed by atoms with Crippen LogP contribution in [0.25, 0.3) is 10.2 Å². The molecule has 1 aliphatic rings. The average molecular weight is 504 g/mol. The predicted octanol–water partition coefficient (Wildman–Crippen LogP) is 4.72. The molecule has 0 saturated heterocycles. The molecule has 0 aromatic carbocycles. The van der Waals surface area contributed by atoms with Gasteiger partial charge in [-0.2, -0.15) is 0 Å². The molecule has 3 aromatic heterocycles. The molecule has 0 radical (unpaired) electrons. The van der Waals surface area contributed by atoms with E-state index in [1.165, 1.54) is 28.0 Å². The Kier molecular flexibility index (Phi) is 7.06. The van der Waals surface area contributed by atoms with Crippen LogP contribution < -0.4 is 10.9 Å². The van der Waals surface area contributed by atoms with Crippen molar-refractivity contribution in [1.82, 2.24) is 9.55 Å². The van der Waals surface area contributed by atoms with Crippen LogP contribution >= 0.6 is 34.4 Å². The highest BCUT2D eigenvalue weighted by Crippen LogP contribution is 2.36. The number of amides is 1. The highest BCUT2D eigenvalue weighted by molar-refractivity contribution is 7.99. The number of ether oxygens (including phenoxy) is 1. The highest BCUT2D eigenvalue weighted by Gasteiger charge is 2.24. The molecule has 3 heterocycles. The second-order valence-electron chi connectivity index (χ2n) is 7.68. The molecule has 0 spiro atoms. The summed E-state index contributed by atoms with van der Waals surface area (Å²) in [5.41, 5.74) is 2.26. The molecule has 1 N–H and O–H groups in total. The smallest absolute Gasteiger partial charge is 0.341 e. The van der Waals surface area contributed by atoms with Gasteiger partial charge < -0.3 is 10.1 Å². The van der Waals surface area contributed by atoms with Crippen molar-refractivity contribution in [2.45, 2.75) is 51.7 Å². The minimum Gasteiger partial charge on any atom is -0.462 e. The zero-order chi connectivity index (χ0) is 23.7. The Bertz CT molecular complexity index is 1320. The van der Waals surface area contributed by atoms with Gasteiger partial charge >= 0.3 is 5.97 Å². The van der Waals surface area contributed by atoms with Crippen molar-refractivity contribution < 1.29 is 14.3 Å². The third-order valence-electron chi connectivity index (χ3n) is 5.55. The first-order valence-electron chi connectivity index (χ1n) is 10.7. The van der Waals surface area contributed by atoms with Crippen LogP contribution in [0.15, 0.2) is 22.6 Å². The van der Waals surface area contributed by atoms with E-state index < -0.39 is 5.97 Å². The topological polar surface area (TPSA) is 90.3 Å². The Hall–Kier alpha value is -2.43. The second-order valence-corrected chi connectivity index (χ2v) is 10.9. The van der Waals surface area contributed by atoms with Crippen molar-refractivity contribution in [3.8, 4) is 0 Å². The molecule has 7 nitrogen and oxygen atoms in total. The average Bonchev–Trinajstić information content (AvgIpc) is 3.42. The summed E-state index contributed by atoms with van der Waals surface area (Å²) in [5, 5.41) is 4.53. The quantitative estimate of drug-likeness (QED) is 0.207. The number of thiophene rings is 2. The summed E-state index contributed by atoms with van der Waals surface area (Å²) in [6.07, 6.45) is 4.64. The normalized spacial score (nSPS) is 12.7. The van der Waals surface area contributed by atoms with E-state index in [0.717, 1.165) is 40.1 Å². The van der Waals surface area contributed by atoms with Gasteiger partial charge in [-0.05, 0) is 51.2 Å². The molecule has 0 fully saturated rings. The van der Waals surface area contributed by atoms with E-state index in [2.05, 4.69) is 11.9 Å². The molecule has 1 aliphatic carbocycles. The number of hydrogen-bond donors (Lipinski definition) is 1. The number of thioether (sulfide) groups is 1. The SMILES string of the molecule is C=CCn1c(SCC(=O)Nc2sc(C)c(C)c2C(=O)OCC)nc2sc3c(c2c1=O)CCC3. The zero-order valence-corrected chi connectivity index (χ0v) is 21.2. The Morgan fingerprint density at radius 1 is 1.30 bits per heavy atom. The van der Waals surface area contributed by atoms with Crippen LogP contribution in [0.4, 0.5) is 5.00 Å². The van der Waals surface area contributed by atoms with E-state index in [9.17, 15) is 14.4 Å². The van der Waals surface area contributed by atoms with Crippen LogP contribution in [0.5, 0.6) is 0 Å². The molecule has 0 unspecified atom stereocenters. The molecule has 3 aromatic rings.